The van der Waals surface area contributed by atoms with Crippen molar-refractivity contribution in [1.82, 2.24) is 0 Å². The summed E-state index contributed by atoms with van der Waals surface area (Å²) >= 11 is 3.39. The molecular formula is C14H18BrNO2. The highest BCUT2D eigenvalue weighted by Crippen LogP contribution is 2.26. The van der Waals surface area contributed by atoms with Crippen molar-refractivity contribution in [2.24, 2.45) is 0 Å². The van der Waals surface area contributed by atoms with Gasteiger partial charge in [-0.25, -0.2) is 0 Å². The minimum atomic E-state index is 0.376. The van der Waals surface area contributed by atoms with Crippen LogP contribution in [0.4, 0.5) is 5.69 Å². The molecule has 0 aliphatic carbocycles. The number of benzene rings is 1. The number of ether oxygens (including phenoxy) is 1. The molecule has 0 amide bonds. The molecule has 1 heterocycles. The van der Waals surface area contributed by atoms with Crippen LogP contribution in [-0.4, -0.2) is 32.1 Å². The van der Waals surface area contributed by atoms with Gasteiger partial charge in [-0.2, -0.15) is 0 Å². The molecule has 1 fully saturated rings. The smallest absolute Gasteiger partial charge is 0.152 e. The minimum absolute atomic E-state index is 0.376. The Hall–Kier alpha value is -0.870. The van der Waals surface area contributed by atoms with Crippen LogP contribution in [0.2, 0.25) is 0 Å². The van der Waals surface area contributed by atoms with Gasteiger partial charge in [-0.1, -0.05) is 15.9 Å². The normalized spacial score (nSPS) is 16.9. The summed E-state index contributed by atoms with van der Waals surface area (Å²) in [6.45, 7) is 4.72. The molecule has 1 aromatic carbocycles. The monoisotopic (exact) mass is 311 g/mol. The van der Waals surface area contributed by atoms with E-state index < -0.39 is 0 Å². The number of hydrogen-bond donors (Lipinski definition) is 0. The van der Waals surface area contributed by atoms with Crippen molar-refractivity contribution < 1.29 is 9.53 Å². The summed E-state index contributed by atoms with van der Waals surface area (Å²) in [5.41, 5.74) is 1.78. The van der Waals surface area contributed by atoms with Crippen LogP contribution in [-0.2, 0) is 4.74 Å². The molecule has 18 heavy (non-hydrogen) atoms. The number of rotatable bonds is 4. The minimum Gasteiger partial charge on any atom is -0.378 e. The molecule has 1 saturated heterocycles. The lowest BCUT2D eigenvalue weighted by Gasteiger charge is -2.34. The fourth-order valence-corrected chi connectivity index (χ4v) is 2.79. The molecule has 0 N–H and O–H groups in total. The third kappa shape index (κ3) is 3.12. The summed E-state index contributed by atoms with van der Waals surface area (Å²) in [5, 5.41) is 0. The molecule has 0 saturated carbocycles. The van der Waals surface area contributed by atoms with Gasteiger partial charge in [0.25, 0.3) is 0 Å². The summed E-state index contributed by atoms with van der Waals surface area (Å²) in [7, 11) is 0. The predicted molar refractivity (Wildman–Crippen MR) is 76.4 cm³/mol. The summed E-state index contributed by atoms with van der Waals surface area (Å²) in [6, 6.07) is 5.86. The molecule has 0 atom stereocenters. The molecule has 3 nitrogen and oxygen atoms in total. The first-order chi connectivity index (χ1) is 8.74. The summed E-state index contributed by atoms with van der Waals surface area (Å²) in [5.74, 6) is 0. The van der Waals surface area contributed by atoms with Gasteiger partial charge in [0.2, 0.25) is 0 Å². The molecule has 1 aliphatic rings. The van der Waals surface area contributed by atoms with Crippen LogP contribution in [0, 0.1) is 0 Å². The number of halogens is 1. The maximum absolute atomic E-state index is 11.1. The van der Waals surface area contributed by atoms with Gasteiger partial charge < -0.3 is 9.64 Å². The van der Waals surface area contributed by atoms with Crippen LogP contribution in [0.15, 0.2) is 22.7 Å². The first-order valence-corrected chi connectivity index (χ1v) is 7.15. The highest BCUT2D eigenvalue weighted by molar-refractivity contribution is 9.10. The molecule has 4 heteroatoms. The summed E-state index contributed by atoms with van der Waals surface area (Å²) in [4.78, 5) is 13.4. The van der Waals surface area contributed by atoms with E-state index in [1.165, 1.54) is 0 Å². The second-order valence-corrected chi connectivity index (χ2v) is 5.38. The van der Waals surface area contributed by atoms with Gasteiger partial charge in [0.05, 0.1) is 6.10 Å². The highest BCUT2D eigenvalue weighted by Gasteiger charge is 2.21. The third-order valence-corrected chi connectivity index (χ3v) is 3.79. The average Bonchev–Trinajstić information content (AvgIpc) is 2.40. The van der Waals surface area contributed by atoms with Gasteiger partial charge >= 0.3 is 0 Å². The highest BCUT2D eigenvalue weighted by atomic mass is 79.9. The van der Waals surface area contributed by atoms with E-state index in [0.717, 1.165) is 54.5 Å². The maximum Gasteiger partial charge on any atom is 0.152 e. The van der Waals surface area contributed by atoms with Gasteiger partial charge in [-0.3, -0.25) is 4.79 Å². The van der Waals surface area contributed by atoms with E-state index in [1.807, 2.05) is 25.1 Å². The topological polar surface area (TPSA) is 29.5 Å². The van der Waals surface area contributed by atoms with Crippen molar-refractivity contribution in [2.75, 3.05) is 24.6 Å². The zero-order chi connectivity index (χ0) is 13.0. The SMILES string of the molecule is CCOC1CCN(c2ccc(Br)cc2C=O)CC1. The van der Waals surface area contributed by atoms with E-state index in [9.17, 15) is 4.79 Å². The molecule has 0 unspecified atom stereocenters. The summed E-state index contributed by atoms with van der Waals surface area (Å²) in [6.07, 6.45) is 3.36. The Morgan fingerprint density at radius 2 is 2.17 bits per heavy atom. The Kier molecular flexibility index (Phi) is 4.78. The van der Waals surface area contributed by atoms with Crippen molar-refractivity contribution in [1.29, 1.82) is 0 Å². The fraction of sp³-hybridized carbons (Fsp3) is 0.500. The van der Waals surface area contributed by atoms with Crippen molar-refractivity contribution in [3.63, 3.8) is 0 Å². The number of piperidine rings is 1. The van der Waals surface area contributed by atoms with Crippen LogP contribution in [0.5, 0.6) is 0 Å². The zero-order valence-corrected chi connectivity index (χ0v) is 12.1. The number of anilines is 1. The standard InChI is InChI=1S/C14H18BrNO2/c1-2-18-13-5-7-16(8-6-13)14-4-3-12(15)9-11(14)10-17/h3-4,9-10,13H,2,5-8H2,1H3. The van der Waals surface area contributed by atoms with E-state index in [-0.39, 0.29) is 0 Å². The number of nitrogens with zero attached hydrogens (tertiary/aromatic N) is 1. The van der Waals surface area contributed by atoms with E-state index in [0.29, 0.717) is 6.10 Å². The predicted octanol–water partition coefficient (Wildman–Crippen LogP) is 3.27. The molecule has 0 bridgehead atoms. The second kappa shape index (κ2) is 6.34. The van der Waals surface area contributed by atoms with Crippen molar-refractivity contribution in [3.8, 4) is 0 Å². The van der Waals surface area contributed by atoms with Gasteiger partial charge in [0.15, 0.2) is 6.29 Å². The largest absolute Gasteiger partial charge is 0.378 e. The molecular weight excluding hydrogens is 294 g/mol. The third-order valence-electron chi connectivity index (χ3n) is 3.30. The maximum atomic E-state index is 11.1. The van der Waals surface area contributed by atoms with Crippen LogP contribution in [0.1, 0.15) is 30.1 Å². The van der Waals surface area contributed by atoms with Gasteiger partial charge in [0, 0.05) is 35.4 Å². The molecule has 1 aliphatic heterocycles. The Bertz CT molecular complexity index is 414. The number of carbonyl (C=O) groups excluding carboxylic acids is 1. The van der Waals surface area contributed by atoms with Crippen molar-refractivity contribution >= 4 is 27.9 Å². The molecule has 98 valence electrons. The van der Waals surface area contributed by atoms with E-state index >= 15 is 0 Å². The van der Waals surface area contributed by atoms with Crippen LogP contribution >= 0.6 is 15.9 Å². The average molecular weight is 312 g/mol. The van der Waals surface area contributed by atoms with Gasteiger partial charge in [0.1, 0.15) is 0 Å². The van der Waals surface area contributed by atoms with E-state index in [2.05, 4.69) is 20.8 Å². The Morgan fingerprint density at radius 3 is 2.78 bits per heavy atom. The fourth-order valence-electron chi connectivity index (χ4n) is 2.41. The second-order valence-electron chi connectivity index (χ2n) is 4.46. The number of aldehydes is 1. The lowest BCUT2D eigenvalue weighted by atomic mass is 10.1. The van der Waals surface area contributed by atoms with Crippen molar-refractivity contribution in [3.05, 3.63) is 28.2 Å². The van der Waals surface area contributed by atoms with Gasteiger partial charge in [-0.15, -0.1) is 0 Å². The molecule has 1 aromatic rings. The van der Waals surface area contributed by atoms with Crippen LogP contribution in [0.25, 0.3) is 0 Å². The van der Waals surface area contributed by atoms with E-state index in [1.54, 1.807) is 0 Å². The zero-order valence-electron chi connectivity index (χ0n) is 10.6. The number of carbonyl (C=O) groups is 1. The lowest BCUT2D eigenvalue weighted by molar-refractivity contribution is 0.0459. The molecule has 2 rings (SSSR count). The quantitative estimate of drug-likeness (QED) is 0.799. The Morgan fingerprint density at radius 1 is 1.44 bits per heavy atom. The van der Waals surface area contributed by atoms with Gasteiger partial charge in [-0.05, 0) is 38.0 Å². The van der Waals surface area contributed by atoms with E-state index in [4.69, 9.17) is 4.74 Å². The first-order valence-electron chi connectivity index (χ1n) is 6.36. The lowest BCUT2D eigenvalue weighted by Crippen LogP contribution is -2.37. The van der Waals surface area contributed by atoms with Crippen LogP contribution < -0.4 is 4.90 Å². The molecule has 0 radical (unpaired) electrons. The summed E-state index contributed by atoms with van der Waals surface area (Å²) < 4.78 is 6.58. The van der Waals surface area contributed by atoms with Crippen molar-refractivity contribution in [2.45, 2.75) is 25.9 Å². The Labute approximate surface area is 116 Å². The first kappa shape index (κ1) is 13.6. The molecule has 0 spiro atoms. The Balaban J connectivity index is 2.07. The molecule has 0 aromatic heterocycles. The number of hydrogen-bond acceptors (Lipinski definition) is 3. The van der Waals surface area contributed by atoms with Crippen LogP contribution in [0.3, 0.4) is 0 Å².